The van der Waals surface area contributed by atoms with Crippen molar-refractivity contribution < 1.29 is 4.79 Å². The van der Waals surface area contributed by atoms with Crippen molar-refractivity contribution in [1.29, 1.82) is 0 Å². The fourth-order valence-electron chi connectivity index (χ4n) is 2.98. The Balaban J connectivity index is 2.11. The highest BCUT2D eigenvalue weighted by atomic mass is 16.2. The molecule has 1 aliphatic rings. The number of hydrogen-bond acceptors (Lipinski definition) is 2. The Bertz CT molecular complexity index is 542. The summed E-state index contributed by atoms with van der Waals surface area (Å²) in [6.45, 7) is 8.92. The number of rotatable bonds is 5. The van der Waals surface area contributed by atoms with Crippen LogP contribution in [0.5, 0.6) is 0 Å². The van der Waals surface area contributed by atoms with Crippen molar-refractivity contribution >= 4 is 5.91 Å². The van der Waals surface area contributed by atoms with Gasteiger partial charge in [-0.15, -0.1) is 0 Å². The lowest BCUT2D eigenvalue weighted by atomic mass is 10.0. The van der Waals surface area contributed by atoms with Crippen LogP contribution in [0.3, 0.4) is 0 Å². The molecule has 0 fully saturated rings. The van der Waals surface area contributed by atoms with Crippen LogP contribution in [0.1, 0.15) is 50.1 Å². The fourth-order valence-corrected chi connectivity index (χ4v) is 2.98. The standard InChI is InChI=1S/C17H27N3O/c1-12(2)20(17(21)10-15-8-6-7-9-15)11-16-13(3)18-19(5)14(16)4/h6,8,12,15H,7,9-11H2,1-5H3. The van der Waals surface area contributed by atoms with Crippen LogP contribution in [0, 0.1) is 19.8 Å². The number of carbonyl (C=O) groups excluding carboxylic acids is 1. The SMILES string of the molecule is Cc1nn(C)c(C)c1CN(C(=O)CC1C=CCC1)C(C)C. The third-order valence-electron chi connectivity index (χ3n) is 4.48. The zero-order chi connectivity index (χ0) is 15.6. The molecule has 0 aromatic carbocycles. The van der Waals surface area contributed by atoms with Gasteiger partial charge >= 0.3 is 0 Å². The molecule has 1 atom stereocenters. The highest BCUT2D eigenvalue weighted by Crippen LogP contribution is 2.23. The van der Waals surface area contributed by atoms with Gasteiger partial charge in [0, 0.05) is 37.3 Å². The van der Waals surface area contributed by atoms with E-state index in [2.05, 4.69) is 38.0 Å². The Morgan fingerprint density at radius 1 is 1.48 bits per heavy atom. The van der Waals surface area contributed by atoms with Gasteiger partial charge in [0.25, 0.3) is 0 Å². The number of aryl methyl sites for hydroxylation is 2. The predicted molar refractivity (Wildman–Crippen MR) is 84.8 cm³/mol. The van der Waals surface area contributed by atoms with Crippen LogP contribution in [-0.4, -0.2) is 26.6 Å². The first-order valence-corrected chi connectivity index (χ1v) is 7.85. The normalized spacial score (nSPS) is 17.7. The molecule has 0 bridgehead atoms. The van der Waals surface area contributed by atoms with Crippen LogP contribution in [0.2, 0.25) is 0 Å². The molecule has 1 heterocycles. The fraction of sp³-hybridized carbons (Fsp3) is 0.647. The second-order valence-corrected chi connectivity index (χ2v) is 6.36. The van der Waals surface area contributed by atoms with Gasteiger partial charge in [-0.3, -0.25) is 9.48 Å². The van der Waals surface area contributed by atoms with Crippen LogP contribution < -0.4 is 0 Å². The van der Waals surface area contributed by atoms with Gasteiger partial charge in [0.05, 0.1) is 5.69 Å². The summed E-state index contributed by atoms with van der Waals surface area (Å²) in [5, 5.41) is 4.45. The minimum atomic E-state index is 0.210. The predicted octanol–water partition coefficient (Wildman–Crippen LogP) is 3.13. The molecule has 0 spiro atoms. The van der Waals surface area contributed by atoms with E-state index in [0.29, 0.717) is 18.9 Å². The molecule has 0 saturated carbocycles. The molecule has 1 aliphatic carbocycles. The Kier molecular flexibility index (Phi) is 4.86. The lowest BCUT2D eigenvalue weighted by molar-refractivity contribution is -0.134. The number of hydrogen-bond donors (Lipinski definition) is 0. The summed E-state index contributed by atoms with van der Waals surface area (Å²) in [5.74, 6) is 0.680. The molecule has 2 rings (SSSR count). The largest absolute Gasteiger partial charge is 0.336 e. The van der Waals surface area contributed by atoms with Gasteiger partial charge in [0.2, 0.25) is 5.91 Å². The van der Waals surface area contributed by atoms with Gasteiger partial charge < -0.3 is 4.90 Å². The lowest BCUT2D eigenvalue weighted by Crippen LogP contribution is -2.37. The van der Waals surface area contributed by atoms with Gasteiger partial charge in [-0.05, 0) is 46.5 Å². The van der Waals surface area contributed by atoms with Crippen LogP contribution in [-0.2, 0) is 18.4 Å². The first-order valence-electron chi connectivity index (χ1n) is 7.85. The van der Waals surface area contributed by atoms with Crippen molar-refractivity contribution in [2.24, 2.45) is 13.0 Å². The van der Waals surface area contributed by atoms with E-state index in [1.165, 1.54) is 5.56 Å². The molecule has 0 aliphatic heterocycles. The Morgan fingerprint density at radius 2 is 2.19 bits per heavy atom. The third kappa shape index (κ3) is 3.55. The number of amides is 1. The third-order valence-corrected chi connectivity index (χ3v) is 4.48. The number of allylic oxidation sites excluding steroid dienone is 2. The van der Waals surface area contributed by atoms with E-state index in [-0.39, 0.29) is 11.9 Å². The molecule has 21 heavy (non-hydrogen) atoms. The van der Waals surface area contributed by atoms with Crippen molar-refractivity contribution in [2.45, 2.75) is 59.5 Å². The molecule has 4 nitrogen and oxygen atoms in total. The number of carbonyl (C=O) groups is 1. The molecule has 4 heteroatoms. The van der Waals surface area contributed by atoms with E-state index in [1.807, 2.05) is 23.6 Å². The molecule has 0 radical (unpaired) electrons. The van der Waals surface area contributed by atoms with E-state index in [9.17, 15) is 4.79 Å². The van der Waals surface area contributed by atoms with Crippen LogP contribution in [0.4, 0.5) is 0 Å². The maximum atomic E-state index is 12.6. The minimum absolute atomic E-state index is 0.210. The van der Waals surface area contributed by atoms with E-state index >= 15 is 0 Å². The summed E-state index contributed by atoms with van der Waals surface area (Å²) >= 11 is 0. The molecule has 1 unspecified atom stereocenters. The van der Waals surface area contributed by atoms with E-state index in [4.69, 9.17) is 0 Å². The van der Waals surface area contributed by atoms with E-state index in [1.54, 1.807) is 0 Å². The maximum Gasteiger partial charge on any atom is 0.223 e. The average molecular weight is 289 g/mol. The number of aromatic nitrogens is 2. The molecular weight excluding hydrogens is 262 g/mol. The highest BCUT2D eigenvalue weighted by Gasteiger charge is 2.23. The van der Waals surface area contributed by atoms with Crippen molar-refractivity contribution in [1.82, 2.24) is 14.7 Å². The molecule has 1 aromatic rings. The Hall–Kier alpha value is -1.58. The summed E-state index contributed by atoms with van der Waals surface area (Å²) in [5.41, 5.74) is 3.35. The van der Waals surface area contributed by atoms with Gasteiger partial charge in [0.1, 0.15) is 0 Å². The summed E-state index contributed by atoms with van der Waals surface area (Å²) in [6.07, 6.45) is 7.24. The lowest BCUT2D eigenvalue weighted by Gasteiger charge is -2.28. The second kappa shape index (κ2) is 6.46. The van der Waals surface area contributed by atoms with Gasteiger partial charge in [-0.25, -0.2) is 0 Å². The molecule has 1 amide bonds. The molecule has 116 valence electrons. The van der Waals surface area contributed by atoms with Crippen LogP contribution >= 0.6 is 0 Å². The van der Waals surface area contributed by atoms with E-state index < -0.39 is 0 Å². The van der Waals surface area contributed by atoms with E-state index in [0.717, 1.165) is 24.2 Å². The highest BCUT2D eigenvalue weighted by molar-refractivity contribution is 5.77. The second-order valence-electron chi connectivity index (χ2n) is 6.36. The average Bonchev–Trinajstić information content (AvgIpc) is 2.98. The van der Waals surface area contributed by atoms with Crippen molar-refractivity contribution in [3.63, 3.8) is 0 Å². The quantitative estimate of drug-likeness (QED) is 0.781. The van der Waals surface area contributed by atoms with Gasteiger partial charge in [0.15, 0.2) is 0 Å². The summed E-state index contributed by atoms with van der Waals surface area (Å²) < 4.78 is 1.90. The Morgan fingerprint density at radius 3 is 2.67 bits per heavy atom. The van der Waals surface area contributed by atoms with Crippen LogP contribution in [0.25, 0.3) is 0 Å². The summed E-state index contributed by atoms with van der Waals surface area (Å²) in [4.78, 5) is 14.6. The zero-order valence-corrected chi connectivity index (χ0v) is 13.9. The maximum absolute atomic E-state index is 12.6. The molecule has 1 aromatic heterocycles. The van der Waals surface area contributed by atoms with Gasteiger partial charge in [-0.1, -0.05) is 12.2 Å². The first-order chi connectivity index (χ1) is 9.90. The molecule has 0 saturated heterocycles. The molecular formula is C17H27N3O. The topological polar surface area (TPSA) is 38.1 Å². The van der Waals surface area contributed by atoms with Crippen molar-refractivity contribution in [3.05, 3.63) is 29.1 Å². The smallest absolute Gasteiger partial charge is 0.223 e. The van der Waals surface area contributed by atoms with Crippen molar-refractivity contribution in [2.75, 3.05) is 0 Å². The monoisotopic (exact) mass is 289 g/mol. The minimum Gasteiger partial charge on any atom is -0.336 e. The number of nitrogens with zero attached hydrogens (tertiary/aromatic N) is 3. The summed E-state index contributed by atoms with van der Waals surface area (Å²) in [7, 11) is 1.96. The Labute approximate surface area is 127 Å². The van der Waals surface area contributed by atoms with Crippen molar-refractivity contribution in [3.8, 4) is 0 Å². The van der Waals surface area contributed by atoms with Gasteiger partial charge in [-0.2, -0.15) is 5.10 Å². The molecule has 0 N–H and O–H groups in total. The zero-order valence-electron chi connectivity index (χ0n) is 13.9. The summed E-state index contributed by atoms with van der Waals surface area (Å²) in [6, 6.07) is 0.210. The first kappa shape index (κ1) is 15.8. The van der Waals surface area contributed by atoms with Crippen LogP contribution in [0.15, 0.2) is 12.2 Å².